The molecule has 4 fully saturated rings. The molecule has 3 unspecified atom stereocenters. The molecule has 12 heteroatoms. The van der Waals surface area contributed by atoms with E-state index in [1.54, 1.807) is 12.1 Å². The lowest BCUT2D eigenvalue weighted by Gasteiger charge is -2.39. The van der Waals surface area contributed by atoms with Gasteiger partial charge in [-0.3, -0.25) is 39.2 Å². The van der Waals surface area contributed by atoms with Crippen LogP contribution in [0.25, 0.3) is 11.1 Å². The molecule has 0 radical (unpaired) electrons. The van der Waals surface area contributed by atoms with Crippen LogP contribution in [0.5, 0.6) is 11.5 Å². The highest BCUT2D eigenvalue weighted by molar-refractivity contribution is 6.23. The van der Waals surface area contributed by atoms with Crippen molar-refractivity contribution in [2.75, 3.05) is 50.8 Å². The van der Waals surface area contributed by atoms with E-state index in [1.165, 1.54) is 17.2 Å². The average molecular weight is 812 g/mol. The predicted molar refractivity (Wildman–Crippen MR) is 226 cm³/mol. The molecule has 4 aromatic carbocycles. The van der Waals surface area contributed by atoms with Gasteiger partial charge in [-0.2, -0.15) is 0 Å². The lowest BCUT2D eigenvalue weighted by atomic mass is 9.88. The largest absolute Gasteiger partial charge is 0.508 e. The van der Waals surface area contributed by atoms with Gasteiger partial charge in [0.15, 0.2) is 0 Å². The predicted octanol–water partition coefficient (Wildman–Crippen LogP) is 6.36. The number of carbonyl (C=O) groups is 4. The number of amides is 4. The SMILES string of the molecule is CCC(=C(c1ccc(O)cc1)c1ccc(OCCN2CCC(CN3CC4CC3CN4c3cc4c(cc3F)C(=O)N(C3CCC(=O)NC3=O)C4=O)CC2)cc1)c1ccccc1. The Morgan fingerprint density at radius 2 is 1.50 bits per heavy atom. The molecule has 60 heavy (non-hydrogen) atoms. The number of nitrogens with one attached hydrogen (secondary N) is 1. The molecule has 3 atom stereocenters. The summed E-state index contributed by atoms with van der Waals surface area (Å²) in [4.78, 5) is 58.7. The summed E-state index contributed by atoms with van der Waals surface area (Å²) in [6.45, 7) is 8.15. The van der Waals surface area contributed by atoms with Crippen LogP contribution in [-0.2, 0) is 9.59 Å². The van der Waals surface area contributed by atoms with Gasteiger partial charge in [0.05, 0.1) is 16.8 Å². The summed E-state index contributed by atoms with van der Waals surface area (Å²) >= 11 is 0. The second kappa shape index (κ2) is 16.7. The lowest BCUT2D eigenvalue weighted by Crippen LogP contribution is -2.54. The average Bonchev–Trinajstić information content (AvgIpc) is 3.92. The van der Waals surface area contributed by atoms with E-state index in [0.29, 0.717) is 24.8 Å². The Balaban J connectivity index is 0.754. The number of hydrogen-bond acceptors (Lipinski definition) is 9. The molecule has 2 N–H and O–H groups in total. The Bertz CT molecular complexity index is 2330. The van der Waals surface area contributed by atoms with E-state index in [4.69, 9.17) is 4.74 Å². The van der Waals surface area contributed by atoms with Crippen LogP contribution in [0.3, 0.4) is 0 Å². The van der Waals surface area contributed by atoms with Crippen LogP contribution in [0.4, 0.5) is 10.1 Å². The first-order valence-corrected chi connectivity index (χ1v) is 21.2. The number of aromatic hydroxyl groups is 1. The number of rotatable bonds is 12. The number of phenolic OH excluding ortho intramolecular Hbond substituents is 1. The molecule has 5 heterocycles. The molecule has 0 saturated carbocycles. The van der Waals surface area contributed by atoms with E-state index in [2.05, 4.69) is 58.4 Å². The van der Waals surface area contributed by atoms with Gasteiger partial charge < -0.3 is 14.7 Å². The molecule has 0 aliphatic carbocycles. The summed E-state index contributed by atoms with van der Waals surface area (Å²) in [7, 11) is 0. The molecule has 310 valence electrons. The van der Waals surface area contributed by atoms with Crippen molar-refractivity contribution >= 4 is 40.5 Å². The number of ether oxygens (including phenoxy) is 1. The lowest BCUT2D eigenvalue weighted by molar-refractivity contribution is -0.136. The molecule has 5 aliphatic heterocycles. The Hall–Kier alpha value is -5.85. The molecule has 2 bridgehead atoms. The van der Waals surface area contributed by atoms with Crippen LogP contribution in [0.1, 0.15) is 82.9 Å². The summed E-state index contributed by atoms with van der Waals surface area (Å²) < 4.78 is 21.9. The standard InChI is InChI=1S/C48H50FN5O6/c1-2-38(31-6-4-3-5-7-31)45(32-8-12-36(55)13-9-32)33-10-14-37(15-11-33)60-23-22-51-20-18-30(19-21-51)27-52-28-35-24-34(52)29-53(35)43-26-40-39(25-41(43)49)47(58)54(48(40)59)42-16-17-44(56)50-46(42)57/h3-15,25-26,30,34-35,42,55H,2,16-24,27-29H2,1H3,(H,50,56,57). The minimum atomic E-state index is -1.09. The fraction of sp³-hybridized carbons (Fsp3) is 0.375. The summed E-state index contributed by atoms with van der Waals surface area (Å²) in [5, 5.41) is 12.2. The van der Waals surface area contributed by atoms with Crippen molar-refractivity contribution < 1.29 is 33.4 Å². The number of fused-ring (bicyclic) bond motifs is 3. The number of likely N-dealkylation sites (tertiary alicyclic amines) is 2. The van der Waals surface area contributed by atoms with Crippen LogP contribution in [0.2, 0.25) is 0 Å². The molecule has 4 saturated heterocycles. The van der Waals surface area contributed by atoms with E-state index in [-0.39, 0.29) is 41.8 Å². The summed E-state index contributed by atoms with van der Waals surface area (Å²) in [5.41, 5.74) is 6.10. The Kier molecular flexibility index (Phi) is 11.0. The van der Waals surface area contributed by atoms with Crippen molar-refractivity contribution in [3.63, 3.8) is 0 Å². The fourth-order valence-electron chi connectivity index (χ4n) is 10.0. The topological polar surface area (TPSA) is 123 Å². The van der Waals surface area contributed by atoms with Crippen molar-refractivity contribution in [3.8, 4) is 11.5 Å². The number of benzene rings is 4. The van der Waals surface area contributed by atoms with Crippen molar-refractivity contribution in [2.45, 2.75) is 63.6 Å². The maximum absolute atomic E-state index is 15.6. The molecule has 11 nitrogen and oxygen atoms in total. The van der Waals surface area contributed by atoms with Crippen molar-refractivity contribution in [2.24, 2.45) is 5.92 Å². The number of piperazine rings is 1. The number of anilines is 1. The minimum Gasteiger partial charge on any atom is -0.508 e. The van der Waals surface area contributed by atoms with Gasteiger partial charge in [0.25, 0.3) is 11.8 Å². The van der Waals surface area contributed by atoms with Gasteiger partial charge >= 0.3 is 0 Å². The first-order chi connectivity index (χ1) is 29.1. The van der Waals surface area contributed by atoms with Crippen molar-refractivity contribution in [1.29, 1.82) is 0 Å². The monoisotopic (exact) mass is 811 g/mol. The minimum absolute atomic E-state index is 0.0294. The second-order valence-electron chi connectivity index (χ2n) is 16.7. The zero-order valence-corrected chi connectivity index (χ0v) is 33.8. The molecule has 4 amide bonds. The third-order valence-electron chi connectivity index (χ3n) is 13.1. The van der Waals surface area contributed by atoms with E-state index in [9.17, 15) is 24.3 Å². The molecular weight excluding hydrogens is 762 g/mol. The number of phenols is 1. The van der Waals surface area contributed by atoms with E-state index in [0.717, 1.165) is 91.8 Å². The van der Waals surface area contributed by atoms with Crippen molar-refractivity contribution in [3.05, 3.63) is 125 Å². The smallest absolute Gasteiger partial charge is 0.262 e. The summed E-state index contributed by atoms with van der Waals surface area (Å²) in [6.07, 6.45) is 4.08. The second-order valence-corrected chi connectivity index (χ2v) is 16.7. The van der Waals surface area contributed by atoms with Crippen LogP contribution in [-0.4, -0.2) is 107 Å². The Morgan fingerprint density at radius 3 is 2.15 bits per heavy atom. The van der Waals surface area contributed by atoms with Gasteiger partial charge in [-0.15, -0.1) is 0 Å². The van der Waals surface area contributed by atoms with Crippen LogP contribution in [0, 0.1) is 11.7 Å². The Morgan fingerprint density at radius 1 is 0.817 bits per heavy atom. The van der Waals surface area contributed by atoms with Crippen LogP contribution in [0.15, 0.2) is 91.0 Å². The highest BCUT2D eigenvalue weighted by Crippen LogP contribution is 2.40. The van der Waals surface area contributed by atoms with Crippen LogP contribution >= 0.6 is 0 Å². The van der Waals surface area contributed by atoms with E-state index >= 15 is 4.39 Å². The van der Waals surface area contributed by atoms with Gasteiger partial charge in [0, 0.05) is 44.7 Å². The fourth-order valence-corrected chi connectivity index (χ4v) is 10.0. The molecule has 4 aromatic rings. The van der Waals surface area contributed by atoms with Gasteiger partial charge in [-0.25, -0.2) is 4.39 Å². The quantitative estimate of drug-likeness (QED) is 0.125. The number of allylic oxidation sites excluding steroid dienone is 1. The number of carbonyl (C=O) groups excluding carboxylic acids is 4. The molecule has 9 rings (SSSR count). The summed E-state index contributed by atoms with van der Waals surface area (Å²) in [6, 6.07) is 28.1. The number of nitrogens with zero attached hydrogens (tertiary/aromatic N) is 4. The molecule has 0 spiro atoms. The molecule has 5 aliphatic rings. The van der Waals surface area contributed by atoms with Gasteiger partial charge in [-0.1, -0.05) is 61.5 Å². The van der Waals surface area contributed by atoms with E-state index in [1.807, 2.05) is 35.2 Å². The zero-order chi connectivity index (χ0) is 41.5. The van der Waals surface area contributed by atoms with Crippen LogP contribution < -0.4 is 15.0 Å². The summed E-state index contributed by atoms with van der Waals surface area (Å²) in [5.74, 6) is -1.33. The zero-order valence-electron chi connectivity index (χ0n) is 33.8. The molecule has 0 aromatic heterocycles. The van der Waals surface area contributed by atoms with E-state index < -0.39 is 35.5 Å². The Labute approximate surface area is 349 Å². The van der Waals surface area contributed by atoms with Crippen molar-refractivity contribution in [1.82, 2.24) is 20.0 Å². The number of halogens is 1. The number of imide groups is 2. The van der Waals surface area contributed by atoms with Gasteiger partial charge in [0.1, 0.15) is 30.0 Å². The van der Waals surface area contributed by atoms with Gasteiger partial charge in [0.2, 0.25) is 11.8 Å². The maximum Gasteiger partial charge on any atom is 0.262 e. The normalized spacial score (nSPS) is 22.7. The molecular formula is C48H50FN5O6. The highest BCUT2D eigenvalue weighted by Gasteiger charge is 2.48. The number of piperidine rings is 2. The van der Waals surface area contributed by atoms with Gasteiger partial charge in [-0.05, 0) is 115 Å². The number of hydrogen-bond donors (Lipinski definition) is 2. The first kappa shape index (κ1) is 39.6. The third kappa shape index (κ3) is 7.70. The third-order valence-corrected chi connectivity index (χ3v) is 13.1. The first-order valence-electron chi connectivity index (χ1n) is 21.2. The highest BCUT2D eigenvalue weighted by atomic mass is 19.1. The maximum atomic E-state index is 15.6.